The Kier molecular flexibility index (Phi) is 7.70. The predicted octanol–water partition coefficient (Wildman–Crippen LogP) is 3.55. The molecule has 1 fully saturated rings. The lowest BCUT2D eigenvalue weighted by Gasteiger charge is -2.23. The third-order valence-electron chi connectivity index (χ3n) is 6.81. The molecule has 1 aliphatic carbocycles. The van der Waals surface area contributed by atoms with E-state index in [2.05, 4.69) is 34.9 Å². The normalized spacial score (nSPS) is 19.6. The van der Waals surface area contributed by atoms with Gasteiger partial charge < -0.3 is 25.2 Å². The minimum Gasteiger partial charge on any atom is -0.481 e. The molecule has 2 aliphatic rings. The summed E-state index contributed by atoms with van der Waals surface area (Å²) >= 11 is 0. The number of hydrogen-bond acceptors (Lipinski definition) is 5. The first-order valence-electron chi connectivity index (χ1n) is 12.1. The lowest BCUT2D eigenvalue weighted by molar-refractivity contribution is -0.141. The second kappa shape index (κ2) is 10.9. The lowest BCUT2D eigenvalue weighted by Crippen LogP contribution is -2.43. The van der Waals surface area contributed by atoms with Gasteiger partial charge in [0.15, 0.2) is 0 Å². The molecule has 0 radical (unpaired) electrons. The molecule has 3 atom stereocenters. The van der Waals surface area contributed by atoms with Crippen molar-refractivity contribution in [1.29, 1.82) is 0 Å². The summed E-state index contributed by atoms with van der Waals surface area (Å²) in [6, 6.07) is 15.9. The molecule has 0 aromatic heterocycles. The van der Waals surface area contributed by atoms with E-state index in [1.807, 2.05) is 38.1 Å². The number of carbonyl (C=O) groups excluding carboxylic acids is 2. The van der Waals surface area contributed by atoms with Crippen LogP contribution in [0.25, 0.3) is 11.1 Å². The number of carboxylic acids is 1. The van der Waals surface area contributed by atoms with Gasteiger partial charge >= 0.3 is 12.1 Å². The Bertz CT molecular complexity index is 1040. The van der Waals surface area contributed by atoms with Crippen LogP contribution < -0.4 is 10.6 Å². The van der Waals surface area contributed by atoms with E-state index < -0.39 is 24.0 Å². The Balaban J connectivity index is 1.28. The molecule has 0 bridgehead atoms. The predicted molar refractivity (Wildman–Crippen MR) is 130 cm³/mol. The van der Waals surface area contributed by atoms with Crippen molar-refractivity contribution in [2.75, 3.05) is 19.8 Å². The van der Waals surface area contributed by atoms with Crippen molar-refractivity contribution in [3.63, 3.8) is 0 Å². The molecular weight excluding hydrogens is 448 g/mol. The summed E-state index contributed by atoms with van der Waals surface area (Å²) in [5.41, 5.74) is 4.60. The van der Waals surface area contributed by atoms with Crippen LogP contribution in [0.15, 0.2) is 48.5 Å². The third kappa shape index (κ3) is 5.82. The van der Waals surface area contributed by atoms with Crippen LogP contribution >= 0.6 is 0 Å². The summed E-state index contributed by atoms with van der Waals surface area (Å²) in [7, 11) is 0. The molecule has 2 aromatic carbocycles. The Morgan fingerprint density at radius 3 is 2.26 bits per heavy atom. The first-order chi connectivity index (χ1) is 16.8. The van der Waals surface area contributed by atoms with Crippen LogP contribution in [0.2, 0.25) is 0 Å². The molecule has 0 spiro atoms. The number of carboxylic acid groups (broad SMARTS) is 1. The van der Waals surface area contributed by atoms with Crippen molar-refractivity contribution in [2.45, 2.75) is 44.8 Å². The van der Waals surface area contributed by atoms with E-state index in [-0.39, 0.29) is 50.0 Å². The van der Waals surface area contributed by atoms with E-state index in [0.717, 1.165) is 22.3 Å². The van der Waals surface area contributed by atoms with Gasteiger partial charge in [-0.2, -0.15) is 0 Å². The minimum absolute atomic E-state index is 0.0142. The molecule has 1 saturated heterocycles. The van der Waals surface area contributed by atoms with Gasteiger partial charge in [0.05, 0.1) is 18.6 Å². The van der Waals surface area contributed by atoms with Gasteiger partial charge in [0.1, 0.15) is 6.61 Å². The second-order valence-corrected chi connectivity index (χ2v) is 9.55. The molecule has 0 saturated carbocycles. The number of ether oxygens (including phenoxy) is 2. The maximum atomic E-state index is 12.6. The molecule has 3 N–H and O–H groups in total. The Labute approximate surface area is 205 Å². The standard InChI is InChI=1S/C27H32N2O6/c1-16(2)24(12-25(30)28-13-18-11-17(14-34-18)26(31)32)29-27(33)35-15-23-21-9-5-3-7-19(21)20-8-4-6-10-22(20)23/h3-10,16-18,23-24H,11-15H2,1-2H3,(H,28,30)(H,29,33)(H,31,32)/t17-,18-,24?/m1/s1. The van der Waals surface area contributed by atoms with Gasteiger partial charge in [0, 0.05) is 24.9 Å². The fourth-order valence-electron chi connectivity index (χ4n) is 4.76. The number of carbonyl (C=O) groups is 3. The number of aliphatic carboxylic acids is 1. The highest BCUT2D eigenvalue weighted by Gasteiger charge is 2.32. The van der Waals surface area contributed by atoms with E-state index in [4.69, 9.17) is 14.6 Å². The van der Waals surface area contributed by atoms with Gasteiger partial charge in [-0.25, -0.2) is 4.79 Å². The van der Waals surface area contributed by atoms with Crippen LogP contribution in [0.1, 0.15) is 43.7 Å². The SMILES string of the molecule is CC(C)C(CC(=O)NC[C@H]1C[C@@H](C(=O)O)CO1)NC(=O)OCC1c2ccccc2-c2ccccc21. The maximum absolute atomic E-state index is 12.6. The van der Waals surface area contributed by atoms with E-state index >= 15 is 0 Å². The van der Waals surface area contributed by atoms with Crippen molar-refractivity contribution < 1.29 is 29.0 Å². The van der Waals surface area contributed by atoms with Crippen LogP contribution in [0, 0.1) is 11.8 Å². The fourth-order valence-corrected chi connectivity index (χ4v) is 4.76. The molecular formula is C27H32N2O6. The molecule has 2 amide bonds. The third-order valence-corrected chi connectivity index (χ3v) is 6.81. The number of nitrogens with one attached hydrogen (secondary N) is 2. The first kappa shape index (κ1) is 24.7. The smallest absolute Gasteiger partial charge is 0.407 e. The zero-order valence-corrected chi connectivity index (χ0v) is 20.0. The van der Waals surface area contributed by atoms with Gasteiger partial charge in [0.25, 0.3) is 0 Å². The van der Waals surface area contributed by atoms with E-state index in [1.165, 1.54) is 0 Å². The van der Waals surface area contributed by atoms with Crippen molar-refractivity contribution in [2.24, 2.45) is 11.8 Å². The average Bonchev–Trinajstić information content (AvgIpc) is 3.44. The molecule has 1 heterocycles. The monoisotopic (exact) mass is 480 g/mol. The van der Waals surface area contributed by atoms with Crippen molar-refractivity contribution in [3.05, 3.63) is 59.7 Å². The molecule has 4 rings (SSSR count). The highest BCUT2D eigenvalue weighted by Crippen LogP contribution is 2.44. The molecule has 8 heteroatoms. The quantitative estimate of drug-likeness (QED) is 0.506. The van der Waals surface area contributed by atoms with Crippen LogP contribution in [-0.4, -0.2) is 55.0 Å². The van der Waals surface area contributed by atoms with Gasteiger partial charge in [0.2, 0.25) is 5.91 Å². The van der Waals surface area contributed by atoms with Crippen LogP contribution in [0.3, 0.4) is 0 Å². The van der Waals surface area contributed by atoms with E-state index in [0.29, 0.717) is 6.42 Å². The van der Waals surface area contributed by atoms with Gasteiger partial charge in [-0.15, -0.1) is 0 Å². The van der Waals surface area contributed by atoms with E-state index in [1.54, 1.807) is 0 Å². The molecule has 1 unspecified atom stereocenters. The number of benzene rings is 2. The highest BCUT2D eigenvalue weighted by atomic mass is 16.5. The summed E-state index contributed by atoms with van der Waals surface area (Å²) in [5.74, 6) is -1.66. The largest absolute Gasteiger partial charge is 0.481 e. The Morgan fingerprint density at radius 1 is 1.06 bits per heavy atom. The Hall–Kier alpha value is -3.39. The molecule has 1 aliphatic heterocycles. The molecule has 186 valence electrons. The summed E-state index contributed by atoms with van der Waals surface area (Å²) < 4.78 is 11.1. The van der Waals surface area contributed by atoms with Crippen molar-refractivity contribution >= 4 is 18.0 Å². The second-order valence-electron chi connectivity index (χ2n) is 9.55. The zero-order chi connectivity index (χ0) is 24.9. The lowest BCUT2D eigenvalue weighted by atomic mass is 9.98. The fraction of sp³-hybridized carbons (Fsp3) is 0.444. The number of hydrogen-bond donors (Lipinski definition) is 3. The topological polar surface area (TPSA) is 114 Å². The summed E-state index contributed by atoms with van der Waals surface area (Å²) in [4.78, 5) is 36.2. The minimum atomic E-state index is -0.883. The van der Waals surface area contributed by atoms with Gasteiger partial charge in [-0.1, -0.05) is 62.4 Å². The first-order valence-corrected chi connectivity index (χ1v) is 12.1. The summed E-state index contributed by atoms with van der Waals surface area (Å²) in [5, 5.41) is 14.7. The Morgan fingerprint density at radius 2 is 1.69 bits per heavy atom. The number of fused-ring (bicyclic) bond motifs is 3. The zero-order valence-electron chi connectivity index (χ0n) is 20.0. The summed E-state index contributed by atoms with van der Waals surface area (Å²) in [6.45, 7) is 4.48. The average molecular weight is 481 g/mol. The number of alkyl carbamates (subject to hydrolysis) is 1. The molecule has 8 nitrogen and oxygen atoms in total. The van der Waals surface area contributed by atoms with Crippen molar-refractivity contribution in [3.8, 4) is 11.1 Å². The van der Waals surface area contributed by atoms with Gasteiger partial charge in [-0.05, 0) is 34.6 Å². The molecule has 35 heavy (non-hydrogen) atoms. The highest BCUT2D eigenvalue weighted by molar-refractivity contribution is 5.79. The maximum Gasteiger partial charge on any atom is 0.407 e. The number of amides is 2. The van der Waals surface area contributed by atoms with Crippen LogP contribution in [-0.2, 0) is 19.1 Å². The van der Waals surface area contributed by atoms with Crippen LogP contribution in [0.5, 0.6) is 0 Å². The van der Waals surface area contributed by atoms with Gasteiger partial charge in [-0.3, -0.25) is 9.59 Å². The molecule has 2 aromatic rings. The van der Waals surface area contributed by atoms with E-state index in [9.17, 15) is 14.4 Å². The summed E-state index contributed by atoms with van der Waals surface area (Å²) in [6.07, 6.45) is -0.396. The van der Waals surface area contributed by atoms with Crippen molar-refractivity contribution in [1.82, 2.24) is 10.6 Å². The van der Waals surface area contributed by atoms with Crippen LogP contribution in [0.4, 0.5) is 4.79 Å². The number of rotatable bonds is 9.